The summed E-state index contributed by atoms with van der Waals surface area (Å²) in [6.07, 6.45) is 0. The first kappa shape index (κ1) is 17.9. The van der Waals surface area contributed by atoms with Crippen molar-refractivity contribution in [2.24, 2.45) is 0 Å². The lowest BCUT2D eigenvalue weighted by Crippen LogP contribution is -2.13. The SMILES string of the molecule is [CH2]c1ccc(OCCOCCOCCOCCOC)cc1. The van der Waals surface area contributed by atoms with Crippen molar-refractivity contribution in [2.45, 2.75) is 0 Å². The standard InChI is InChI=1S/C16H25O5/c1-15-3-5-16(6-4-15)21-14-13-20-12-11-19-10-9-18-8-7-17-2/h3-6H,1,7-14H2,2H3. The Labute approximate surface area is 127 Å². The number of methoxy groups -OCH3 is 1. The molecule has 1 rings (SSSR count). The van der Waals surface area contributed by atoms with Gasteiger partial charge >= 0.3 is 0 Å². The van der Waals surface area contributed by atoms with E-state index in [4.69, 9.17) is 23.7 Å². The van der Waals surface area contributed by atoms with Crippen LogP contribution < -0.4 is 4.74 Å². The van der Waals surface area contributed by atoms with E-state index in [2.05, 4.69) is 6.92 Å². The molecule has 1 radical (unpaired) electrons. The molecule has 119 valence electrons. The van der Waals surface area contributed by atoms with E-state index >= 15 is 0 Å². The zero-order valence-corrected chi connectivity index (χ0v) is 12.7. The molecule has 0 amide bonds. The lowest BCUT2D eigenvalue weighted by Gasteiger charge is -2.08. The third kappa shape index (κ3) is 10.3. The molecule has 0 saturated carbocycles. The van der Waals surface area contributed by atoms with Crippen molar-refractivity contribution in [2.75, 3.05) is 60.0 Å². The van der Waals surface area contributed by atoms with Gasteiger partial charge in [0.05, 0.1) is 46.2 Å². The molecule has 0 fully saturated rings. The average Bonchev–Trinajstić information content (AvgIpc) is 2.50. The van der Waals surface area contributed by atoms with Gasteiger partial charge in [-0.15, -0.1) is 0 Å². The number of ether oxygens (including phenoxy) is 5. The van der Waals surface area contributed by atoms with Crippen LogP contribution in [0.1, 0.15) is 5.56 Å². The number of rotatable bonds is 13. The molecule has 5 heteroatoms. The third-order valence-corrected chi connectivity index (χ3v) is 2.60. The molecule has 0 saturated heterocycles. The van der Waals surface area contributed by atoms with Gasteiger partial charge in [-0.2, -0.15) is 0 Å². The summed E-state index contributed by atoms with van der Waals surface area (Å²) in [6, 6.07) is 7.63. The zero-order valence-electron chi connectivity index (χ0n) is 12.7. The lowest BCUT2D eigenvalue weighted by molar-refractivity contribution is 0.000164. The Kier molecular flexibility index (Phi) is 10.7. The van der Waals surface area contributed by atoms with Gasteiger partial charge in [0.15, 0.2) is 0 Å². The fourth-order valence-electron chi connectivity index (χ4n) is 1.49. The molecule has 1 aromatic rings. The van der Waals surface area contributed by atoms with Gasteiger partial charge < -0.3 is 23.7 Å². The van der Waals surface area contributed by atoms with Crippen LogP contribution in [0, 0.1) is 6.92 Å². The summed E-state index contributed by atoms with van der Waals surface area (Å²) in [6.45, 7) is 8.36. The summed E-state index contributed by atoms with van der Waals surface area (Å²) in [4.78, 5) is 0. The van der Waals surface area contributed by atoms with Crippen LogP contribution in [0.15, 0.2) is 24.3 Å². The first-order valence-corrected chi connectivity index (χ1v) is 7.10. The van der Waals surface area contributed by atoms with E-state index < -0.39 is 0 Å². The maximum Gasteiger partial charge on any atom is 0.119 e. The highest BCUT2D eigenvalue weighted by Gasteiger charge is 1.94. The van der Waals surface area contributed by atoms with Crippen molar-refractivity contribution < 1.29 is 23.7 Å². The number of hydrogen-bond donors (Lipinski definition) is 0. The van der Waals surface area contributed by atoms with Gasteiger partial charge in [0.2, 0.25) is 0 Å². The fraction of sp³-hybridized carbons (Fsp3) is 0.562. The minimum atomic E-state index is 0.524. The Morgan fingerprint density at radius 1 is 0.714 bits per heavy atom. The largest absolute Gasteiger partial charge is 0.491 e. The predicted octanol–water partition coefficient (Wildman–Crippen LogP) is 1.94. The van der Waals surface area contributed by atoms with E-state index in [1.54, 1.807) is 7.11 Å². The molecular formula is C16H25O5. The maximum atomic E-state index is 5.52. The number of hydrogen-bond acceptors (Lipinski definition) is 5. The molecule has 0 aliphatic heterocycles. The van der Waals surface area contributed by atoms with E-state index in [0.717, 1.165) is 11.3 Å². The van der Waals surface area contributed by atoms with E-state index in [9.17, 15) is 0 Å². The van der Waals surface area contributed by atoms with Crippen LogP contribution in [0.4, 0.5) is 0 Å². The Balaban J connectivity index is 1.81. The van der Waals surface area contributed by atoms with Crippen molar-refractivity contribution in [1.82, 2.24) is 0 Å². The van der Waals surface area contributed by atoms with Crippen LogP contribution in [-0.2, 0) is 18.9 Å². The first-order chi connectivity index (χ1) is 10.3. The molecule has 0 N–H and O–H groups in total. The van der Waals surface area contributed by atoms with Crippen LogP contribution in [0.3, 0.4) is 0 Å². The molecule has 0 aromatic heterocycles. The molecule has 0 bridgehead atoms. The summed E-state index contributed by atoms with van der Waals surface area (Å²) in [7, 11) is 1.65. The molecule has 0 aliphatic carbocycles. The van der Waals surface area contributed by atoms with Gasteiger partial charge in [-0.25, -0.2) is 0 Å². The minimum absolute atomic E-state index is 0.524. The van der Waals surface area contributed by atoms with Gasteiger partial charge in [-0.3, -0.25) is 0 Å². The van der Waals surface area contributed by atoms with Gasteiger partial charge in [0.1, 0.15) is 12.4 Å². The van der Waals surface area contributed by atoms with Crippen LogP contribution in [0.25, 0.3) is 0 Å². The molecular weight excluding hydrogens is 272 g/mol. The summed E-state index contributed by atoms with van der Waals surface area (Å²) in [5.74, 6) is 0.829. The number of benzene rings is 1. The van der Waals surface area contributed by atoms with Gasteiger partial charge in [0, 0.05) is 7.11 Å². The fourth-order valence-corrected chi connectivity index (χ4v) is 1.49. The molecule has 0 heterocycles. The van der Waals surface area contributed by atoms with Gasteiger partial charge in [0.25, 0.3) is 0 Å². The normalized spacial score (nSPS) is 10.8. The Morgan fingerprint density at radius 2 is 1.19 bits per heavy atom. The summed E-state index contributed by atoms with van der Waals surface area (Å²) < 4.78 is 26.4. The highest BCUT2D eigenvalue weighted by atomic mass is 16.6. The van der Waals surface area contributed by atoms with Crippen molar-refractivity contribution >= 4 is 0 Å². The van der Waals surface area contributed by atoms with Crippen molar-refractivity contribution in [1.29, 1.82) is 0 Å². The predicted molar refractivity (Wildman–Crippen MR) is 80.7 cm³/mol. The van der Waals surface area contributed by atoms with Crippen LogP contribution >= 0.6 is 0 Å². The van der Waals surface area contributed by atoms with Crippen LogP contribution in [0.2, 0.25) is 0 Å². The smallest absolute Gasteiger partial charge is 0.119 e. The molecule has 0 spiro atoms. The monoisotopic (exact) mass is 297 g/mol. The van der Waals surface area contributed by atoms with Crippen molar-refractivity contribution in [3.05, 3.63) is 36.8 Å². The van der Waals surface area contributed by atoms with E-state index in [1.807, 2.05) is 24.3 Å². The van der Waals surface area contributed by atoms with E-state index in [-0.39, 0.29) is 0 Å². The minimum Gasteiger partial charge on any atom is -0.491 e. The van der Waals surface area contributed by atoms with Gasteiger partial charge in [-0.1, -0.05) is 12.1 Å². The molecule has 21 heavy (non-hydrogen) atoms. The summed E-state index contributed by atoms with van der Waals surface area (Å²) in [5.41, 5.74) is 0.974. The van der Waals surface area contributed by atoms with E-state index in [1.165, 1.54) is 0 Å². The highest BCUT2D eigenvalue weighted by Crippen LogP contribution is 2.10. The Morgan fingerprint density at radius 3 is 1.71 bits per heavy atom. The Hall–Kier alpha value is -1.14. The third-order valence-electron chi connectivity index (χ3n) is 2.60. The van der Waals surface area contributed by atoms with Gasteiger partial charge in [-0.05, 0) is 24.6 Å². The quantitative estimate of drug-likeness (QED) is 0.521. The zero-order chi connectivity index (χ0) is 15.2. The molecule has 0 atom stereocenters. The molecule has 1 aromatic carbocycles. The second-order valence-corrected chi connectivity index (χ2v) is 4.32. The first-order valence-electron chi connectivity index (χ1n) is 7.10. The second kappa shape index (κ2) is 12.6. The summed E-state index contributed by atoms with van der Waals surface area (Å²) in [5, 5.41) is 0. The van der Waals surface area contributed by atoms with E-state index in [0.29, 0.717) is 52.9 Å². The van der Waals surface area contributed by atoms with Crippen molar-refractivity contribution in [3.63, 3.8) is 0 Å². The molecule has 0 unspecified atom stereocenters. The molecule has 0 aliphatic rings. The Bertz CT molecular complexity index is 339. The summed E-state index contributed by atoms with van der Waals surface area (Å²) >= 11 is 0. The maximum absolute atomic E-state index is 5.52. The topological polar surface area (TPSA) is 46.2 Å². The van der Waals surface area contributed by atoms with Crippen molar-refractivity contribution in [3.8, 4) is 5.75 Å². The van der Waals surface area contributed by atoms with Crippen LogP contribution in [-0.4, -0.2) is 60.0 Å². The van der Waals surface area contributed by atoms with Crippen LogP contribution in [0.5, 0.6) is 5.75 Å². The lowest BCUT2D eigenvalue weighted by atomic mass is 10.2. The average molecular weight is 297 g/mol. The highest BCUT2D eigenvalue weighted by molar-refractivity contribution is 5.28. The second-order valence-electron chi connectivity index (χ2n) is 4.32. The molecule has 5 nitrogen and oxygen atoms in total.